The lowest BCUT2D eigenvalue weighted by Gasteiger charge is -1.95. The lowest BCUT2D eigenvalue weighted by Crippen LogP contribution is -1.89. The third kappa shape index (κ3) is 1.66. The Kier molecular flexibility index (Phi) is 2.39. The minimum Gasteiger partial charge on any atom is -0.206 e. The van der Waals surface area contributed by atoms with Crippen LogP contribution in [-0.2, 0) is 0 Å². The quantitative estimate of drug-likeness (QED) is 0.522. The molecular formula is C7H2F2IN. The Balaban J connectivity index is 3.35. The van der Waals surface area contributed by atoms with Crippen molar-refractivity contribution in [1.82, 2.24) is 0 Å². The van der Waals surface area contributed by atoms with Crippen LogP contribution in [0, 0.1) is 26.5 Å². The third-order valence-electron chi connectivity index (χ3n) is 1.13. The average molecular weight is 265 g/mol. The average Bonchev–Trinajstić information content (AvgIpc) is 1.97. The van der Waals surface area contributed by atoms with Gasteiger partial charge in [-0.3, -0.25) is 0 Å². The summed E-state index contributed by atoms with van der Waals surface area (Å²) in [6, 6.07) is 3.50. The molecule has 0 aliphatic rings. The Bertz CT molecular complexity index is 330. The van der Waals surface area contributed by atoms with Crippen LogP contribution < -0.4 is 0 Å². The van der Waals surface area contributed by atoms with E-state index in [0.717, 1.165) is 0 Å². The number of benzene rings is 1. The molecule has 11 heavy (non-hydrogen) atoms. The third-order valence-corrected chi connectivity index (χ3v) is 1.96. The molecule has 0 fully saturated rings. The number of halogens is 3. The summed E-state index contributed by atoms with van der Waals surface area (Å²) >= 11 is 1.70. The summed E-state index contributed by atoms with van der Waals surface area (Å²) < 4.78 is 25.4. The Hall–Kier alpha value is -0.700. The maximum atomic E-state index is 12.6. The second kappa shape index (κ2) is 3.13. The molecule has 0 aliphatic carbocycles. The smallest absolute Gasteiger partial charge is 0.143 e. The Labute approximate surface area is 75.8 Å². The minimum absolute atomic E-state index is 0.129. The highest BCUT2D eigenvalue weighted by molar-refractivity contribution is 14.1. The predicted molar refractivity (Wildman–Crippen MR) is 43.8 cm³/mol. The van der Waals surface area contributed by atoms with Crippen molar-refractivity contribution in [3.05, 3.63) is 32.9 Å². The van der Waals surface area contributed by atoms with Gasteiger partial charge in [0.25, 0.3) is 0 Å². The molecule has 0 bridgehead atoms. The van der Waals surface area contributed by atoms with Crippen LogP contribution in [0.2, 0.25) is 0 Å². The molecule has 0 saturated carbocycles. The molecule has 0 amide bonds. The second-order valence-electron chi connectivity index (χ2n) is 1.86. The largest absolute Gasteiger partial charge is 0.206 e. The molecule has 0 N–H and O–H groups in total. The molecule has 0 heterocycles. The van der Waals surface area contributed by atoms with Crippen molar-refractivity contribution in [1.29, 1.82) is 5.26 Å². The van der Waals surface area contributed by atoms with Gasteiger partial charge < -0.3 is 0 Å². The fourth-order valence-electron chi connectivity index (χ4n) is 0.608. The van der Waals surface area contributed by atoms with E-state index in [1.807, 2.05) is 0 Å². The van der Waals surface area contributed by atoms with E-state index in [2.05, 4.69) is 0 Å². The van der Waals surface area contributed by atoms with E-state index in [1.54, 1.807) is 28.7 Å². The van der Waals surface area contributed by atoms with E-state index in [-0.39, 0.29) is 9.13 Å². The summed E-state index contributed by atoms with van der Waals surface area (Å²) in [5, 5.41) is 8.32. The number of hydrogen-bond donors (Lipinski definition) is 0. The summed E-state index contributed by atoms with van der Waals surface area (Å²) in [5.41, 5.74) is -0.129. The van der Waals surface area contributed by atoms with Gasteiger partial charge in [0.15, 0.2) is 0 Å². The molecule has 0 aliphatic heterocycles. The van der Waals surface area contributed by atoms with Crippen LogP contribution >= 0.6 is 22.6 Å². The molecule has 1 rings (SSSR count). The number of nitriles is 1. The monoisotopic (exact) mass is 265 g/mol. The summed E-state index contributed by atoms with van der Waals surface area (Å²) in [4.78, 5) is 0. The van der Waals surface area contributed by atoms with Gasteiger partial charge in [0, 0.05) is 6.07 Å². The maximum Gasteiger partial charge on any atom is 0.143 e. The summed E-state index contributed by atoms with van der Waals surface area (Å²) in [6.07, 6.45) is 0. The van der Waals surface area contributed by atoms with Crippen LogP contribution in [0.25, 0.3) is 0 Å². The van der Waals surface area contributed by atoms with Gasteiger partial charge in [0.2, 0.25) is 0 Å². The van der Waals surface area contributed by atoms with Gasteiger partial charge in [-0.1, -0.05) is 0 Å². The fraction of sp³-hybridized carbons (Fsp3) is 0. The van der Waals surface area contributed by atoms with E-state index in [1.165, 1.54) is 6.07 Å². The molecule has 1 nitrogen and oxygen atoms in total. The Morgan fingerprint density at radius 3 is 2.45 bits per heavy atom. The Morgan fingerprint density at radius 1 is 1.27 bits per heavy atom. The molecule has 0 aromatic heterocycles. The van der Waals surface area contributed by atoms with Crippen LogP contribution in [0.15, 0.2) is 12.1 Å². The van der Waals surface area contributed by atoms with Gasteiger partial charge in [0.1, 0.15) is 17.7 Å². The topological polar surface area (TPSA) is 23.8 Å². The van der Waals surface area contributed by atoms with E-state index in [9.17, 15) is 8.78 Å². The van der Waals surface area contributed by atoms with Crippen molar-refractivity contribution in [2.24, 2.45) is 0 Å². The van der Waals surface area contributed by atoms with Gasteiger partial charge >= 0.3 is 0 Å². The van der Waals surface area contributed by atoms with Gasteiger partial charge in [-0.2, -0.15) is 5.26 Å². The summed E-state index contributed by atoms with van der Waals surface area (Å²) in [7, 11) is 0. The lowest BCUT2D eigenvalue weighted by molar-refractivity contribution is 0.576. The number of hydrogen-bond acceptors (Lipinski definition) is 1. The van der Waals surface area contributed by atoms with Crippen LogP contribution in [0.5, 0.6) is 0 Å². The molecule has 0 unspecified atom stereocenters. The highest BCUT2D eigenvalue weighted by Crippen LogP contribution is 2.15. The van der Waals surface area contributed by atoms with Crippen LogP contribution in [0.1, 0.15) is 5.56 Å². The lowest BCUT2D eigenvalue weighted by atomic mass is 10.2. The zero-order valence-electron chi connectivity index (χ0n) is 5.24. The Morgan fingerprint density at radius 2 is 1.91 bits per heavy atom. The van der Waals surface area contributed by atoms with E-state index < -0.39 is 11.6 Å². The van der Waals surface area contributed by atoms with Crippen molar-refractivity contribution in [2.45, 2.75) is 0 Å². The summed E-state index contributed by atoms with van der Waals surface area (Å²) in [5.74, 6) is -1.45. The van der Waals surface area contributed by atoms with E-state index in [0.29, 0.717) is 6.07 Å². The minimum atomic E-state index is -0.814. The highest BCUT2D eigenvalue weighted by Gasteiger charge is 2.06. The van der Waals surface area contributed by atoms with Crippen molar-refractivity contribution < 1.29 is 8.78 Å². The fourth-order valence-corrected chi connectivity index (χ4v) is 1.08. The SMILES string of the molecule is N#Cc1cc(I)c(F)cc1F. The molecule has 0 spiro atoms. The zero-order chi connectivity index (χ0) is 8.43. The molecule has 1 aromatic rings. The molecule has 56 valence electrons. The molecule has 0 saturated heterocycles. The van der Waals surface area contributed by atoms with Crippen LogP contribution in [0.3, 0.4) is 0 Å². The van der Waals surface area contributed by atoms with Gasteiger partial charge in [-0.25, -0.2) is 8.78 Å². The molecule has 0 atom stereocenters. The predicted octanol–water partition coefficient (Wildman–Crippen LogP) is 2.44. The van der Waals surface area contributed by atoms with Crippen LogP contribution in [0.4, 0.5) is 8.78 Å². The first-order valence-electron chi connectivity index (χ1n) is 2.70. The molecular weight excluding hydrogens is 263 g/mol. The normalized spacial score (nSPS) is 9.27. The molecule has 4 heteroatoms. The van der Waals surface area contributed by atoms with Gasteiger partial charge in [-0.15, -0.1) is 0 Å². The van der Waals surface area contributed by atoms with Crippen molar-refractivity contribution >= 4 is 22.6 Å². The van der Waals surface area contributed by atoms with Crippen molar-refractivity contribution in [2.75, 3.05) is 0 Å². The molecule has 1 aromatic carbocycles. The first-order chi connectivity index (χ1) is 5.15. The first-order valence-corrected chi connectivity index (χ1v) is 3.77. The molecule has 0 radical (unpaired) electrons. The standard InChI is InChI=1S/C7H2F2IN/c8-5-2-6(9)7(10)1-4(5)3-11/h1-2H. The maximum absolute atomic E-state index is 12.6. The summed E-state index contributed by atoms with van der Waals surface area (Å²) in [6.45, 7) is 0. The van der Waals surface area contributed by atoms with Crippen LogP contribution in [-0.4, -0.2) is 0 Å². The zero-order valence-corrected chi connectivity index (χ0v) is 7.39. The first kappa shape index (κ1) is 8.40. The van der Waals surface area contributed by atoms with Crippen molar-refractivity contribution in [3.8, 4) is 6.07 Å². The number of rotatable bonds is 0. The van der Waals surface area contributed by atoms with Gasteiger partial charge in [-0.05, 0) is 28.7 Å². The van der Waals surface area contributed by atoms with E-state index in [4.69, 9.17) is 5.26 Å². The number of nitrogens with zero attached hydrogens (tertiary/aromatic N) is 1. The van der Waals surface area contributed by atoms with E-state index >= 15 is 0 Å². The highest BCUT2D eigenvalue weighted by atomic mass is 127. The van der Waals surface area contributed by atoms with Crippen molar-refractivity contribution in [3.63, 3.8) is 0 Å². The second-order valence-corrected chi connectivity index (χ2v) is 3.02. The van der Waals surface area contributed by atoms with Gasteiger partial charge in [0.05, 0.1) is 9.13 Å².